The molecular formula is C19H23NO4. The molecule has 0 fully saturated rings. The third-order valence-electron chi connectivity index (χ3n) is 3.72. The Bertz CT molecular complexity index is 671. The first-order valence-corrected chi connectivity index (χ1v) is 7.81. The maximum Gasteiger partial charge on any atom is 0.255 e. The number of hydrogen-bond donors (Lipinski definition) is 1. The van der Waals surface area contributed by atoms with Crippen LogP contribution in [0.1, 0.15) is 22.3 Å². The number of carbonyl (C=O) groups excluding carboxylic acids is 1. The molecule has 2 aromatic rings. The summed E-state index contributed by atoms with van der Waals surface area (Å²) in [5, 5.41) is 2.92. The Morgan fingerprint density at radius 2 is 1.54 bits per heavy atom. The fraction of sp³-hybridized carbons (Fsp3) is 0.316. The van der Waals surface area contributed by atoms with Crippen LogP contribution in [0.2, 0.25) is 0 Å². The summed E-state index contributed by atoms with van der Waals surface area (Å²) in [4.78, 5) is 12.4. The number of benzene rings is 2. The molecule has 0 bridgehead atoms. The molecule has 0 radical (unpaired) electrons. The lowest BCUT2D eigenvalue weighted by atomic mass is 10.1. The van der Waals surface area contributed by atoms with Gasteiger partial charge in [-0.15, -0.1) is 0 Å². The maximum atomic E-state index is 12.4. The molecule has 2 rings (SSSR count). The van der Waals surface area contributed by atoms with Gasteiger partial charge in [-0.05, 0) is 18.4 Å². The Balaban J connectivity index is 1.98. The molecule has 0 saturated heterocycles. The number of ether oxygens (including phenoxy) is 3. The monoisotopic (exact) mass is 329 g/mol. The smallest absolute Gasteiger partial charge is 0.255 e. The molecule has 0 aromatic heterocycles. The van der Waals surface area contributed by atoms with Crippen LogP contribution in [-0.4, -0.2) is 33.8 Å². The highest BCUT2D eigenvalue weighted by Gasteiger charge is 2.17. The zero-order valence-electron chi connectivity index (χ0n) is 14.3. The minimum absolute atomic E-state index is 0.194. The summed E-state index contributed by atoms with van der Waals surface area (Å²) >= 11 is 0. The van der Waals surface area contributed by atoms with Crippen molar-refractivity contribution >= 4 is 5.91 Å². The lowest BCUT2D eigenvalue weighted by molar-refractivity contribution is 0.0949. The summed E-state index contributed by atoms with van der Waals surface area (Å²) in [6, 6.07) is 13.5. The molecule has 1 N–H and O–H groups in total. The zero-order valence-corrected chi connectivity index (χ0v) is 14.3. The van der Waals surface area contributed by atoms with E-state index in [1.54, 1.807) is 19.2 Å². The van der Waals surface area contributed by atoms with Crippen molar-refractivity contribution in [2.75, 3.05) is 27.9 Å². The minimum Gasteiger partial charge on any atom is -0.496 e. The van der Waals surface area contributed by atoms with Gasteiger partial charge >= 0.3 is 0 Å². The van der Waals surface area contributed by atoms with Gasteiger partial charge in [0.05, 0.1) is 26.9 Å². The van der Waals surface area contributed by atoms with Gasteiger partial charge in [-0.1, -0.05) is 30.3 Å². The van der Waals surface area contributed by atoms with Gasteiger partial charge in [0, 0.05) is 18.7 Å². The predicted octanol–water partition coefficient (Wildman–Crippen LogP) is 3.08. The Hall–Kier alpha value is -2.69. The molecule has 0 atom stereocenters. The third-order valence-corrected chi connectivity index (χ3v) is 3.72. The van der Waals surface area contributed by atoms with Gasteiger partial charge in [0.1, 0.15) is 5.75 Å². The highest BCUT2D eigenvalue weighted by Crippen LogP contribution is 2.34. The summed E-state index contributed by atoms with van der Waals surface area (Å²) in [6.07, 6.45) is 1.79. The van der Waals surface area contributed by atoms with E-state index in [4.69, 9.17) is 14.2 Å². The average molecular weight is 329 g/mol. The second kappa shape index (κ2) is 8.82. The largest absolute Gasteiger partial charge is 0.496 e. The van der Waals surface area contributed by atoms with E-state index in [9.17, 15) is 4.79 Å². The maximum absolute atomic E-state index is 12.4. The fourth-order valence-electron chi connectivity index (χ4n) is 2.44. The van der Waals surface area contributed by atoms with Crippen molar-refractivity contribution in [2.24, 2.45) is 0 Å². The quantitative estimate of drug-likeness (QED) is 0.756. The Morgan fingerprint density at radius 3 is 2.17 bits per heavy atom. The van der Waals surface area contributed by atoms with Crippen LogP contribution in [0.5, 0.6) is 17.2 Å². The van der Waals surface area contributed by atoms with E-state index >= 15 is 0 Å². The van der Waals surface area contributed by atoms with Crippen LogP contribution in [-0.2, 0) is 6.42 Å². The van der Waals surface area contributed by atoms with E-state index in [1.807, 2.05) is 18.2 Å². The fourth-order valence-corrected chi connectivity index (χ4v) is 2.44. The summed E-state index contributed by atoms with van der Waals surface area (Å²) in [5.74, 6) is 1.27. The van der Waals surface area contributed by atoms with Crippen LogP contribution < -0.4 is 19.5 Å². The Labute approximate surface area is 142 Å². The SMILES string of the molecule is COc1cc(OC)c(C(=O)NCCCc2ccccc2)cc1OC. The molecule has 1 amide bonds. The van der Waals surface area contributed by atoms with Crippen molar-refractivity contribution in [3.05, 3.63) is 53.6 Å². The van der Waals surface area contributed by atoms with Gasteiger partial charge in [-0.25, -0.2) is 0 Å². The number of carbonyl (C=O) groups is 1. The van der Waals surface area contributed by atoms with Crippen LogP contribution in [0.15, 0.2) is 42.5 Å². The molecule has 128 valence electrons. The predicted molar refractivity (Wildman–Crippen MR) is 93.2 cm³/mol. The standard InChI is InChI=1S/C19H23NO4/c1-22-16-13-18(24-3)17(23-2)12-15(16)19(21)20-11-7-10-14-8-5-4-6-9-14/h4-6,8-9,12-13H,7,10-11H2,1-3H3,(H,20,21). The minimum atomic E-state index is -0.194. The van der Waals surface area contributed by atoms with Crippen LogP contribution in [0.4, 0.5) is 0 Å². The van der Waals surface area contributed by atoms with E-state index in [0.717, 1.165) is 12.8 Å². The molecular weight excluding hydrogens is 306 g/mol. The van der Waals surface area contributed by atoms with E-state index in [-0.39, 0.29) is 5.91 Å². The summed E-state index contributed by atoms with van der Waals surface area (Å²) in [6.45, 7) is 0.589. The topological polar surface area (TPSA) is 56.8 Å². The van der Waals surface area contributed by atoms with E-state index < -0.39 is 0 Å². The molecule has 0 unspecified atom stereocenters. The van der Waals surface area contributed by atoms with Crippen molar-refractivity contribution in [1.82, 2.24) is 5.32 Å². The van der Waals surface area contributed by atoms with Gasteiger partial charge in [-0.2, -0.15) is 0 Å². The molecule has 0 saturated carbocycles. The molecule has 24 heavy (non-hydrogen) atoms. The van der Waals surface area contributed by atoms with Crippen molar-refractivity contribution < 1.29 is 19.0 Å². The molecule has 0 aliphatic carbocycles. The number of methoxy groups -OCH3 is 3. The van der Waals surface area contributed by atoms with Crippen molar-refractivity contribution in [3.8, 4) is 17.2 Å². The van der Waals surface area contributed by atoms with E-state index in [1.165, 1.54) is 19.8 Å². The number of rotatable bonds is 8. The first-order valence-electron chi connectivity index (χ1n) is 7.81. The molecule has 0 aliphatic rings. The second-order valence-electron chi connectivity index (χ2n) is 5.25. The summed E-state index contributed by atoms with van der Waals surface area (Å²) in [5.41, 5.74) is 1.69. The molecule has 5 nitrogen and oxygen atoms in total. The first kappa shape index (κ1) is 17.7. The van der Waals surface area contributed by atoms with Crippen LogP contribution in [0, 0.1) is 0 Å². The van der Waals surface area contributed by atoms with Crippen LogP contribution in [0.25, 0.3) is 0 Å². The number of nitrogens with one attached hydrogen (secondary N) is 1. The van der Waals surface area contributed by atoms with Gasteiger partial charge in [0.15, 0.2) is 11.5 Å². The molecule has 0 spiro atoms. The van der Waals surface area contributed by atoms with Crippen LogP contribution >= 0.6 is 0 Å². The molecule has 0 heterocycles. The average Bonchev–Trinajstić information content (AvgIpc) is 2.64. The van der Waals surface area contributed by atoms with Crippen molar-refractivity contribution in [3.63, 3.8) is 0 Å². The highest BCUT2D eigenvalue weighted by atomic mass is 16.5. The number of aryl methyl sites for hydroxylation is 1. The summed E-state index contributed by atoms with van der Waals surface area (Å²) in [7, 11) is 4.60. The van der Waals surface area contributed by atoms with Crippen LogP contribution in [0.3, 0.4) is 0 Å². The lowest BCUT2D eigenvalue weighted by Gasteiger charge is -2.14. The first-order chi connectivity index (χ1) is 11.7. The van der Waals surface area contributed by atoms with E-state index in [2.05, 4.69) is 17.4 Å². The van der Waals surface area contributed by atoms with Gasteiger partial charge in [0.2, 0.25) is 0 Å². The second-order valence-corrected chi connectivity index (χ2v) is 5.25. The Morgan fingerprint density at radius 1 is 0.917 bits per heavy atom. The number of amides is 1. The van der Waals surface area contributed by atoms with Gasteiger partial charge in [0.25, 0.3) is 5.91 Å². The molecule has 0 aliphatic heterocycles. The van der Waals surface area contributed by atoms with E-state index in [0.29, 0.717) is 29.4 Å². The normalized spacial score (nSPS) is 10.1. The molecule has 5 heteroatoms. The summed E-state index contributed by atoms with van der Waals surface area (Å²) < 4.78 is 15.8. The zero-order chi connectivity index (χ0) is 17.4. The lowest BCUT2D eigenvalue weighted by Crippen LogP contribution is -2.25. The van der Waals surface area contributed by atoms with Crippen molar-refractivity contribution in [1.29, 1.82) is 0 Å². The number of hydrogen-bond acceptors (Lipinski definition) is 4. The molecule has 2 aromatic carbocycles. The van der Waals surface area contributed by atoms with Gasteiger partial charge < -0.3 is 19.5 Å². The van der Waals surface area contributed by atoms with Crippen molar-refractivity contribution in [2.45, 2.75) is 12.8 Å². The van der Waals surface area contributed by atoms with Gasteiger partial charge in [-0.3, -0.25) is 4.79 Å². The third kappa shape index (κ3) is 4.41. The Kier molecular flexibility index (Phi) is 6.49. The highest BCUT2D eigenvalue weighted by molar-refractivity contribution is 5.97.